The molecule has 0 atom stereocenters. The fourth-order valence-electron chi connectivity index (χ4n) is 1.59. The van der Waals surface area contributed by atoms with Crippen LogP contribution >= 0.6 is 11.3 Å². The van der Waals surface area contributed by atoms with Gasteiger partial charge in [-0.1, -0.05) is 12.1 Å². The maximum Gasteiger partial charge on any atom is 0.308 e. The van der Waals surface area contributed by atoms with Crippen molar-refractivity contribution in [3.63, 3.8) is 0 Å². The molecule has 104 valence electrons. The van der Waals surface area contributed by atoms with Crippen LogP contribution < -0.4 is 10.1 Å². The molecule has 0 bridgehead atoms. The number of hydrogen-bond acceptors (Lipinski definition) is 5. The van der Waals surface area contributed by atoms with E-state index in [1.807, 2.05) is 13.8 Å². The lowest BCUT2D eigenvalue weighted by atomic mass is 10.2. The van der Waals surface area contributed by atoms with E-state index in [2.05, 4.69) is 10.3 Å². The van der Waals surface area contributed by atoms with E-state index in [0.29, 0.717) is 10.7 Å². The maximum atomic E-state index is 12.2. The lowest BCUT2D eigenvalue weighted by Gasteiger charge is -2.07. The zero-order valence-electron chi connectivity index (χ0n) is 11.4. The van der Waals surface area contributed by atoms with Crippen LogP contribution in [0.15, 0.2) is 24.3 Å². The van der Waals surface area contributed by atoms with Crippen LogP contribution in [0.5, 0.6) is 5.75 Å². The van der Waals surface area contributed by atoms with Crippen LogP contribution in [0, 0.1) is 13.8 Å². The van der Waals surface area contributed by atoms with Gasteiger partial charge >= 0.3 is 5.97 Å². The van der Waals surface area contributed by atoms with Crippen LogP contribution in [-0.2, 0) is 4.79 Å². The Balaban J connectivity index is 2.22. The van der Waals surface area contributed by atoms with Gasteiger partial charge in [0.25, 0.3) is 5.91 Å². The van der Waals surface area contributed by atoms with Crippen molar-refractivity contribution in [3.8, 4) is 5.75 Å². The van der Waals surface area contributed by atoms with E-state index in [0.717, 1.165) is 10.6 Å². The summed E-state index contributed by atoms with van der Waals surface area (Å²) in [5, 5.41) is 3.24. The molecule has 0 unspecified atom stereocenters. The minimum atomic E-state index is -0.466. The molecule has 0 aliphatic rings. The Morgan fingerprint density at radius 3 is 2.55 bits per heavy atom. The van der Waals surface area contributed by atoms with Gasteiger partial charge in [0.05, 0.1) is 11.3 Å². The molecule has 20 heavy (non-hydrogen) atoms. The molecule has 0 saturated heterocycles. The Hall–Kier alpha value is -2.21. The number of benzene rings is 1. The summed E-state index contributed by atoms with van der Waals surface area (Å²) in [5.74, 6) is -0.579. The highest BCUT2D eigenvalue weighted by molar-refractivity contribution is 7.15. The van der Waals surface area contributed by atoms with Crippen molar-refractivity contribution in [2.24, 2.45) is 0 Å². The second-order valence-corrected chi connectivity index (χ2v) is 5.41. The van der Waals surface area contributed by atoms with Gasteiger partial charge in [0.15, 0.2) is 5.13 Å². The lowest BCUT2D eigenvalue weighted by Crippen LogP contribution is -2.14. The van der Waals surface area contributed by atoms with Gasteiger partial charge in [0, 0.05) is 11.8 Å². The summed E-state index contributed by atoms with van der Waals surface area (Å²) in [5.41, 5.74) is 1.19. The standard InChI is InChI=1S/C14H14N2O3S/c1-8-9(2)20-14(15-8)16-13(18)11-6-4-5-7-12(11)19-10(3)17/h4-7H,1-3H3,(H,15,16,18). The molecular formula is C14H14N2O3S. The van der Waals surface area contributed by atoms with Crippen LogP contribution in [0.2, 0.25) is 0 Å². The highest BCUT2D eigenvalue weighted by atomic mass is 32.1. The van der Waals surface area contributed by atoms with Gasteiger partial charge in [0.2, 0.25) is 0 Å². The number of anilines is 1. The van der Waals surface area contributed by atoms with Gasteiger partial charge in [-0.05, 0) is 26.0 Å². The van der Waals surface area contributed by atoms with Crippen molar-refractivity contribution in [1.29, 1.82) is 0 Å². The highest BCUT2D eigenvalue weighted by Gasteiger charge is 2.15. The van der Waals surface area contributed by atoms with E-state index in [1.54, 1.807) is 24.3 Å². The topological polar surface area (TPSA) is 68.3 Å². The SMILES string of the molecule is CC(=O)Oc1ccccc1C(=O)Nc1nc(C)c(C)s1. The van der Waals surface area contributed by atoms with Crippen LogP contribution in [0.3, 0.4) is 0 Å². The Morgan fingerprint density at radius 2 is 1.95 bits per heavy atom. The molecule has 0 saturated carbocycles. The number of aryl methyl sites for hydroxylation is 2. The molecule has 1 heterocycles. The predicted molar refractivity (Wildman–Crippen MR) is 77.3 cm³/mol. The van der Waals surface area contributed by atoms with Gasteiger partial charge in [0.1, 0.15) is 5.75 Å². The van der Waals surface area contributed by atoms with E-state index >= 15 is 0 Å². The predicted octanol–water partition coefficient (Wildman–Crippen LogP) is 2.94. The van der Waals surface area contributed by atoms with Crippen molar-refractivity contribution in [2.75, 3.05) is 5.32 Å². The number of aromatic nitrogens is 1. The Labute approximate surface area is 120 Å². The van der Waals surface area contributed by atoms with E-state index < -0.39 is 5.97 Å². The summed E-state index contributed by atoms with van der Waals surface area (Å²) in [4.78, 5) is 28.5. The summed E-state index contributed by atoms with van der Waals surface area (Å²) in [6.07, 6.45) is 0. The summed E-state index contributed by atoms with van der Waals surface area (Å²) in [6, 6.07) is 6.59. The molecule has 1 aromatic heterocycles. The first-order chi connectivity index (χ1) is 9.47. The van der Waals surface area contributed by atoms with Crippen molar-refractivity contribution >= 4 is 28.3 Å². The molecule has 2 aromatic rings. The molecule has 1 N–H and O–H groups in total. The van der Waals surface area contributed by atoms with E-state index in [9.17, 15) is 9.59 Å². The monoisotopic (exact) mass is 290 g/mol. The van der Waals surface area contributed by atoms with Crippen molar-refractivity contribution in [3.05, 3.63) is 40.4 Å². The quantitative estimate of drug-likeness (QED) is 0.697. The third kappa shape index (κ3) is 3.21. The number of nitrogens with one attached hydrogen (secondary N) is 1. The number of rotatable bonds is 3. The minimum absolute atomic E-state index is 0.238. The highest BCUT2D eigenvalue weighted by Crippen LogP contribution is 2.24. The van der Waals surface area contributed by atoms with E-state index in [4.69, 9.17) is 4.74 Å². The van der Waals surface area contributed by atoms with Crippen LogP contribution in [0.1, 0.15) is 27.9 Å². The summed E-state index contributed by atoms with van der Waals surface area (Å²) >= 11 is 1.41. The molecule has 0 radical (unpaired) electrons. The average Bonchev–Trinajstić information content (AvgIpc) is 2.68. The van der Waals surface area contributed by atoms with Gasteiger partial charge < -0.3 is 4.74 Å². The molecule has 0 aliphatic heterocycles. The first-order valence-electron chi connectivity index (χ1n) is 6.00. The smallest absolute Gasteiger partial charge is 0.308 e. The zero-order valence-corrected chi connectivity index (χ0v) is 12.2. The third-order valence-corrected chi connectivity index (χ3v) is 3.62. The number of esters is 1. The molecule has 1 aromatic carbocycles. The fourth-order valence-corrected chi connectivity index (χ4v) is 2.40. The molecule has 0 spiro atoms. The number of ether oxygens (including phenoxy) is 1. The maximum absolute atomic E-state index is 12.2. The largest absolute Gasteiger partial charge is 0.426 e. The van der Waals surface area contributed by atoms with Crippen LogP contribution in [0.4, 0.5) is 5.13 Å². The molecular weight excluding hydrogens is 276 g/mol. The number of carbonyl (C=O) groups excluding carboxylic acids is 2. The number of para-hydroxylation sites is 1. The fraction of sp³-hybridized carbons (Fsp3) is 0.214. The van der Waals surface area contributed by atoms with Gasteiger partial charge in [-0.2, -0.15) is 0 Å². The summed E-state index contributed by atoms with van der Waals surface area (Å²) in [6.45, 7) is 5.12. The average molecular weight is 290 g/mol. The second kappa shape index (κ2) is 5.83. The second-order valence-electron chi connectivity index (χ2n) is 4.20. The molecule has 2 rings (SSSR count). The van der Waals surface area contributed by atoms with Gasteiger partial charge in [-0.25, -0.2) is 4.98 Å². The van der Waals surface area contributed by atoms with Crippen molar-refractivity contribution < 1.29 is 14.3 Å². The number of thiazole rings is 1. The molecule has 5 nitrogen and oxygen atoms in total. The normalized spacial score (nSPS) is 10.2. The van der Waals surface area contributed by atoms with E-state index in [1.165, 1.54) is 18.3 Å². The third-order valence-electron chi connectivity index (χ3n) is 2.63. The van der Waals surface area contributed by atoms with Crippen molar-refractivity contribution in [1.82, 2.24) is 4.98 Å². The number of amides is 1. The van der Waals surface area contributed by atoms with E-state index in [-0.39, 0.29) is 11.7 Å². The molecule has 0 fully saturated rings. The summed E-state index contributed by atoms with van der Waals surface area (Å²) in [7, 11) is 0. The Morgan fingerprint density at radius 1 is 1.25 bits per heavy atom. The van der Waals surface area contributed by atoms with Crippen LogP contribution in [0.25, 0.3) is 0 Å². The summed E-state index contributed by atoms with van der Waals surface area (Å²) < 4.78 is 5.02. The van der Waals surface area contributed by atoms with Crippen LogP contribution in [-0.4, -0.2) is 16.9 Å². The Bertz CT molecular complexity index is 645. The first kappa shape index (κ1) is 14.2. The van der Waals surface area contributed by atoms with Gasteiger partial charge in [-0.15, -0.1) is 11.3 Å². The minimum Gasteiger partial charge on any atom is -0.426 e. The number of nitrogens with zero attached hydrogens (tertiary/aromatic N) is 1. The number of hydrogen-bond donors (Lipinski definition) is 1. The van der Waals surface area contributed by atoms with Gasteiger partial charge in [-0.3, -0.25) is 14.9 Å². The molecule has 1 amide bonds. The zero-order chi connectivity index (χ0) is 14.7. The molecule has 6 heteroatoms. The molecule has 0 aliphatic carbocycles. The lowest BCUT2D eigenvalue weighted by molar-refractivity contribution is -0.131. The Kier molecular flexibility index (Phi) is 4.14. The number of carbonyl (C=O) groups is 2. The van der Waals surface area contributed by atoms with Crippen molar-refractivity contribution in [2.45, 2.75) is 20.8 Å². The first-order valence-corrected chi connectivity index (χ1v) is 6.82.